The van der Waals surface area contributed by atoms with Crippen LogP contribution in [0.15, 0.2) is 0 Å². The van der Waals surface area contributed by atoms with Crippen molar-refractivity contribution in [3.63, 3.8) is 0 Å². The Kier molecular flexibility index (Phi) is 6.71. The number of fused-ring (bicyclic) bond motifs is 5. The van der Waals surface area contributed by atoms with Crippen LogP contribution in [0.2, 0.25) is 0 Å². The number of hydrogen-bond acceptors (Lipinski definition) is 4. The highest BCUT2D eigenvalue weighted by Crippen LogP contribution is 2.67. The molecule has 1 amide bonds. The van der Waals surface area contributed by atoms with Gasteiger partial charge >= 0.3 is 5.97 Å². The first kappa shape index (κ1) is 24.7. The average molecular weight is 462 g/mol. The quantitative estimate of drug-likeness (QED) is 0.554. The maximum absolute atomic E-state index is 13.5. The number of carbonyl (C=O) groups excluding carboxylic acids is 2. The van der Waals surface area contributed by atoms with Crippen LogP contribution in [0.4, 0.5) is 0 Å². The van der Waals surface area contributed by atoms with E-state index in [9.17, 15) is 19.5 Å². The summed E-state index contributed by atoms with van der Waals surface area (Å²) in [7, 11) is 0. The van der Waals surface area contributed by atoms with Crippen LogP contribution in [0.5, 0.6) is 0 Å². The van der Waals surface area contributed by atoms with Crippen molar-refractivity contribution in [1.29, 1.82) is 0 Å². The summed E-state index contributed by atoms with van der Waals surface area (Å²) in [5, 5.41) is 21.6. The Bertz CT molecular complexity index is 797. The summed E-state index contributed by atoms with van der Waals surface area (Å²) < 4.78 is 0. The number of carboxylic acids is 1. The summed E-state index contributed by atoms with van der Waals surface area (Å²) in [5.41, 5.74) is 0.310. The fraction of sp³-hybridized carbons (Fsp3) is 0.889. The van der Waals surface area contributed by atoms with Gasteiger partial charge in [0.25, 0.3) is 0 Å². The minimum atomic E-state index is -1.02. The number of aliphatic hydroxyl groups excluding tert-OH is 1. The number of carboxylic acid groups (broad SMARTS) is 1. The van der Waals surface area contributed by atoms with E-state index in [0.717, 1.165) is 51.4 Å². The maximum atomic E-state index is 13.5. The first-order valence-electron chi connectivity index (χ1n) is 13.2. The lowest BCUT2D eigenvalue weighted by Gasteiger charge is -2.60. The molecule has 4 fully saturated rings. The second kappa shape index (κ2) is 8.98. The van der Waals surface area contributed by atoms with E-state index in [2.05, 4.69) is 26.1 Å². The highest BCUT2D eigenvalue weighted by atomic mass is 16.4. The lowest BCUT2D eigenvalue weighted by molar-refractivity contribution is -0.160. The molecule has 6 nitrogen and oxygen atoms in total. The van der Waals surface area contributed by atoms with E-state index in [-0.39, 0.29) is 41.2 Å². The van der Waals surface area contributed by atoms with E-state index < -0.39 is 5.97 Å². The van der Waals surface area contributed by atoms with Gasteiger partial charge < -0.3 is 15.5 Å². The molecule has 4 unspecified atom stereocenters. The van der Waals surface area contributed by atoms with E-state index in [1.54, 1.807) is 0 Å². The van der Waals surface area contributed by atoms with Crippen LogP contribution in [-0.2, 0) is 14.4 Å². The Labute approximate surface area is 198 Å². The van der Waals surface area contributed by atoms with Gasteiger partial charge in [0.15, 0.2) is 0 Å². The van der Waals surface area contributed by atoms with Crippen molar-refractivity contribution < 1.29 is 24.6 Å². The number of amides is 1. The predicted molar refractivity (Wildman–Crippen MR) is 125 cm³/mol. The van der Waals surface area contributed by atoms with Gasteiger partial charge in [-0.3, -0.25) is 14.4 Å². The molecule has 33 heavy (non-hydrogen) atoms. The molecule has 4 aliphatic rings. The van der Waals surface area contributed by atoms with E-state index in [4.69, 9.17) is 5.11 Å². The van der Waals surface area contributed by atoms with Crippen LogP contribution >= 0.6 is 0 Å². The number of ketones is 1. The highest BCUT2D eigenvalue weighted by Gasteiger charge is 2.63. The van der Waals surface area contributed by atoms with Crippen molar-refractivity contribution >= 4 is 17.7 Å². The van der Waals surface area contributed by atoms with Gasteiger partial charge in [-0.05, 0) is 91.8 Å². The molecule has 0 saturated heterocycles. The molecule has 0 heterocycles. The third kappa shape index (κ3) is 4.26. The number of aliphatic hydroxyl groups is 1. The lowest BCUT2D eigenvalue weighted by Crippen LogP contribution is -2.57. The van der Waals surface area contributed by atoms with Crippen LogP contribution in [0.3, 0.4) is 0 Å². The molecule has 4 aliphatic carbocycles. The van der Waals surface area contributed by atoms with Gasteiger partial charge in [-0.2, -0.15) is 0 Å². The number of aliphatic carboxylic acids is 1. The standard InChI is InChI=1S/C27H43NO5/c1-15(11-16(2)25(33)28-14-23(31)32)19-5-6-20-24-21(8-10-27(19,20)4)26(3)9-7-18(29)12-17(26)13-22(24)30/h15-21,24,29H,5-14H2,1-4H3,(H,28,33)(H,31,32)/t15-,16+,17?,18-,19-,20?,21?,24?,26+,27-/m1/s1. The zero-order valence-electron chi connectivity index (χ0n) is 20.8. The van der Waals surface area contributed by atoms with Crippen molar-refractivity contribution in [2.24, 2.45) is 52.3 Å². The normalized spacial score (nSPS) is 44.2. The van der Waals surface area contributed by atoms with Crippen molar-refractivity contribution in [2.45, 2.75) is 91.6 Å². The van der Waals surface area contributed by atoms with Crippen LogP contribution < -0.4 is 5.32 Å². The number of Topliss-reactive ketones (excluding diaryl/α,β-unsaturated/α-hetero) is 1. The van der Waals surface area contributed by atoms with Gasteiger partial charge in [0, 0.05) is 18.3 Å². The second-order valence-electron chi connectivity index (χ2n) is 12.5. The first-order chi connectivity index (χ1) is 15.5. The Morgan fingerprint density at radius 2 is 1.73 bits per heavy atom. The van der Waals surface area contributed by atoms with Gasteiger partial charge in [-0.25, -0.2) is 0 Å². The predicted octanol–water partition coefficient (Wildman–Crippen LogP) is 4.05. The van der Waals surface area contributed by atoms with Gasteiger partial charge in [0.05, 0.1) is 6.10 Å². The minimum Gasteiger partial charge on any atom is -0.480 e. The Hall–Kier alpha value is -1.43. The van der Waals surface area contributed by atoms with E-state index in [1.165, 1.54) is 0 Å². The van der Waals surface area contributed by atoms with E-state index in [0.29, 0.717) is 41.8 Å². The molecule has 0 aliphatic heterocycles. The van der Waals surface area contributed by atoms with Gasteiger partial charge in [-0.1, -0.05) is 27.7 Å². The zero-order chi connectivity index (χ0) is 24.1. The Balaban J connectivity index is 1.47. The Morgan fingerprint density at radius 1 is 1.06 bits per heavy atom. The Morgan fingerprint density at radius 3 is 2.42 bits per heavy atom. The molecular formula is C27H43NO5. The molecular weight excluding hydrogens is 418 g/mol. The summed E-state index contributed by atoms with van der Waals surface area (Å²) in [6.07, 6.45) is 8.30. The first-order valence-corrected chi connectivity index (χ1v) is 13.2. The fourth-order valence-electron chi connectivity index (χ4n) is 9.05. The molecule has 0 aromatic rings. The van der Waals surface area contributed by atoms with Crippen molar-refractivity contribution in [1.82, 2.24) is 5.32 Å². The smallest absolute Gasteiger partial charge is 0.322 e. The van der Waals surface area contributed by atoms with Gasteiger partial charge in [0.1, 0.15) is 12.3 Å². The molecule has 6 heteroatoms. The van der Waals surface area contributed by atoms with Gasteiger partial charge in [-0.15, -0.1) is 0 Å². The summed E-state index contributed by atoms with van der Waals surface area (Å²) in [4.78, 5) is 36.6. The molecule has 0 bridgehead atoms. The summed E-state index contributed by atoms with van der Waals surface area (Å²) >= 11 is 0. The van der Waals surface area contributed by atoms with Crippen molar-refractivity contribution in [3.05, 3.63) is 0 Å². The summed E-state index contributed by atoms with van der Waals surface area (Å²) in [6.45, 7) is 8.62. The number of carbonyl (C=O) groups is 3. The molecule has 0 aromatic carbocycles. The third-order valence-electron chi connectivity index (χ3n) is 10.8. The molecule has 4 rings (SSSR count). The molecule has 186 valence electrons. The van der Waals surface area contributed by atoms with Crippen LogP contribution in [0.1, 0.15) is 85.5 Å². The summed E-state index contributed by atoms with van der Waals surface area (Å²) in [6, 6.07) is 0. The average Bonchev–Trinajstić information content (AvgIpc) is 3.10. The number of rotatable bonds is 6. The molecule has 0 radical (unpaired) electrons. The molecule has 10 atom stereocenters. The third-order valence-corrected chi connectivity index (χ3v) is 10.8. The minimum absolute atomic E-state index is 0.130. The molecule has 4 saturated carbocycles. The maximum Gasteiger partial charge on any atom is 0.322 e. The fourth-order valence-corrected chi connectivity index (χ4v) is 9.05. The van der Waals surface area contributed by atoms with Crippen LogP contribution in [0.25, 0.3) is 0 Å². The van der Waals surface area contributed by atoms with Crippen molar-refractivity contribution in [3.8, 4) is 0 Å². The molecule has 3 N–H and O–H groups in total. The monoisotopic (exact) mass is 461 g/mol. The van der Waals surface area contributed by atoms with E-state index in [1.807, 2.05) is 6.92 Å². The van der Waals surface area contributed by atoms with Crippen molar-refractivity contribution in [2.75, 3.05) is 6.54 Å². The lowest BCUT2D eigenvalue weighted by atomic mass is 9.44. The second-order valence-corrected chi connectivity index (χ2v) is 12.5. The van der Waals surface area contributed by atoms with Crippen LogP contribution in [-0.4, -0.2) is 40.5 Å². The number of nitrogens with one attached hydrogen (secondary N) is 1. The zero-order valence-corrected chi connectivity index (χ0v) is 20.8. The topological polar surface area (TPSA) is 104 Å². The summed E-state index contributed by atoms with van der Waals surface area (Å²) in [5.74, 6) is 1.24. The SMILES string of the molecule is C[C@H](C[C@H](C)C(=O)NCC(=O)O)[C@H]1CCC2C3C(=O)CC4C[C@H](O)CC[C@]4(C)C3CC[C@@]21C. The molecule has 0 spiro atoms. The van der Waals surface area contributed by atoms with Crippen LogP contribution in [0, 0.1) is 52.3 Å². The number of hydrogen-bond donors (Lipinski definition) is 3. The van der Waals surface area contributed by atoms with E-state index >= 15 is 0 Å². The largest absolute Gasteiger partial charge is 0.480 e. The van der Waals surface area contributed by atoms with Gasteiger partial charge in [0.2, 0.25) is 5.91 Å². The highest BCUT2D eigenvalue weighted by molar-refractivity contribution is 5.83. The molecule has 0 aromatic heterocycles.